The second kappa shape index (κ2) is 4.86. The molecule has 18 heavy (non-hydrogen) atoms. The number of hydrogen-bond donors (Lipinski definition) is 0. The molecular formula is C16H22ClN. The molecule has 2 heteroatoms. The highest BCUT2D eigenvalue weighted by atomic mass is 35.5. The molecule has 0 aromatic heterocycles. The Hall–Kier alpha value is -0.530. The van der Waals surface area contributed by atoms with Crippen molar-refractivity contribution in [3.63, 3.8) is 0 Å². The van der Waals surface area contributed by atoms with E-state index in [0.29, 0.717) is 5.92 Å². The summed E-state index contributed by atoms with van der Waals surface area (Å²) in [5, 5.41) is 0.956. The van der Waals surface area contributed by atoms with E-state index in [0.717, 1.165) is 17.5 Å². The molecule has 98 valence electrons. The Morgan fingerprint density at radius 1 is 1.28 bits per heavy atom. The number of rotatable bonds is 3. The van der Waals surface area contributed by atoms with Gasteiger partial charge in [0.05, 0.1) is 0 Å². The van der Waals surface area contributed by atoms with Crippen molar-refractivity contribution in [3.05, 3.63) is 33.8 Å². The van der Waals surface area contributed by atoms with Gasteiger partial charge in [-0.15, -0.1) is 0 Å². The molecule has 3 rings (SSSR count). The molecule has 0 spiro atoms. The van der Waals surface area contributed by atoms with Crippen molar-refractivity contribution in [2.75, 3.05) is 13.1 Å². The quantitative estimate of drug-likeness (QED) is 0.789. The third kappa shape index (κ3) is 2.57. The fourth-order valence-electron chi connectivity index (χ4n) is 2.92. The topological polar surface area (TPSA) is 3.24 Å². The van der Waals surface area contributed by atoms with Crippen LogP contribution < -0.4 is 0 Å². The molecule has 1 aromatic rings. The average molecular weight is 264 g/mol. The Balaban J connectivity index is 1.80. The lowest BCUT2D eigenvalue weighted by Gasteiger charge is -2.29. The van der Waals surface area contributed by atoms with Gasteiger partial charge in [-0.2, -0.15) is 0 Å². The van der Waals surface area contributed by atoms with E-state index in [1.165, 1.54) is 49.0 Å². The van der Waals surface area contributed by atoms with Gasteiger partial charge in [-0.25, -0.2) is 0 Å². The van der Waals surface area contributed by atoms with Crippen LogP contribution in [0.15, 0.2) is 12.1 Å². The van der Waals surface area contributed by atoms with E-state index in [-0.39, 0.29) is 0 Å². The first-order valence-corrected chi connectivity index (χ1v) is 7.55. The number of halogens is 1. The van der Waals surface area contributed by atoms with Crippen LogP contribution in [0.25, 0.3) is 0 Å². The van der Waals surface area contributed by atoms with Gasteiger partial charge in [0.15, 0.2) is 0 Å². The molecule has 1 fully saturated rings. The van der Waals surface area contributed by atoms with Gasteiger partial charge in [0.1, 0.15) is 0 Å². The van der Waals surface area contributed by atoms with Gasteiger partial charge < -0.3 is 0 Å². The molecule has 1 aliphatic heterocycles. The maximum absolute atomic E-state index is 6.40. The lowest BCUT2D eigenvalue weighted by atomic mass is 9.93. The first-order chi connectivity index (χ1) is 8.63. The summed E-state index contributed by atoms with van der Waals surface area (Å²) in [6.07, 6.45) is 4.08. The monoisotopic (exact) mass is 263 g/mol. The summed E-state index contributed by atoms with van der Waals surface area (Å²) in [5.41, 5.74) is 4.29. The summed E-state index contributed by atoms with van der Waals surface area (Å²) < 4.78 is 0. The predicted molar refractivity (Wildman–Crippen MR) is 77.2 cm³/mol. The van der Waals surface area contributed by atoms with Gasteiger partial charge in [-0.3, -0.25) is 4.90 Å². The van der Waals surface area contributed by atoms with Crippen molar-refractivity contribution in [3.8, 4) is 0 Å². The molecular weight excluding hydrogens is 242 g/mol. The van der Waals surface area contributed by atoms with Crippen LogP contribution in [0.5, 0.6) is 0 Å². The van der Waals surface area contributed by atoms with Crippen molar-refractivity contribution in [1.29, 1.82) is 0 Å². The van der Waals surface area contributed by atoms with E-state index in [4.69, 9.17) is 11.6 Å². The molecule has 0 atom stereocenters. The van der Waals surface area contributed by atoms with Gasteiger partial charge in [-0.1, -0.05) is 31.5 Å². The van der Waals surface area contributed by atoms with E-state index < -0.39 is 0 Å². The van der Waals surface area contributed by atoms with Gasteiger partial charge in [0.2, 0.25) is 0 Å². The van der Waals surface area contributed by atoms with Crippen LogP contribution in [0, 0.1) is 5.92 Å². The van der Waals surface area contributed by atoms with Crippen LogP contribution in [0.3, 0.4) is 0 Å². The van der Waals surface area contributed by atoms with E-state index in [1.807, 2.05) is 0 Å². The number of hydrogen-bond acceptors (Lipinski definition) is 1. The maximum Gasteiger partial charge on any atom is 0.0444 e. The molecule has 1 heterocycles. The molecule has 0 N–H and O–H groups in total. The van der Waals surface area contributed by atoms with Crippen molar-refractivity contribution in [2.24, 2.45) is 5.92 Å². The van der Waals surface area contributed by atoms with Crippen molar-refractivity contribution < 1.29 is 0 Å². The zero-order valence-corrected chi connectivity index (χ0v) is 12.1. The minimum absolute atomic E-state index is 0.521. The lowest BCUT2D eigenvalue weighted by molar-refractivity contribution is 0.244. The summed E-state index contributed by atoms with van der Waals surface area (Å²) in [6.45, 7) is 8.06. The van der Waals surface area contributed by atoms with Crippen LogP contribution in [0.4, 0.5) is 0 Å². The Kier molecular flexibility index (Phi) is 3.38. The smallest absolute Gasteiger partial charge is 0.0444 e. The zero-order chi connectivity index (χ0) is 12.7. The Morgan fingerprint density at radius 3 is 2.72 bits per heavy atom. The molecule has 0 saturated heterocycles. The second-order valence-corrected chi connectivity index (χ2v) is 6.63. The summed E-state index contributed by atoms with van der Waals surface area (Å²) in [4.78, 5) is 2.60. The summed E-state index contributed by atoms with van der Waals surface area (Å²) in [5.74, 6) is 1.50. The summed E-state index contributed by atoms with van der Waals surface area (Å²) >= 11 is 6.40. The molecule has 0 radical (unpaired) electrons. The average Bonchev–Trinajstić information content (AvgIpc) is 3.11. The molecule has 1 nitrogen and oxygen atoms in total. The molecule has 1 aliphatic carbocycles. The van der Waals surface area contributed by atoms with Gasteiger partial charge >= 0.3 is 0 Å². The first kappa shape index (κ1) is 12.5. The lowest BCUT2D eigenvalue weighted by Crippen LogP contribution is -2.32. The summed E-state index contributed by atoms with van der Waals surface area (Å²) in [7, 11) is 0. The van der Waals surface area contributed by atoms with E-state index in [2.05, 4.69) is 30.9 Å². The fourth-order valence-corrected chi connectivity index (χ4v) is 3.33. The standard InChI is InChI=1S/C16H22ClN/c1-11(2)15-7-13-5-6-18(9-12-3-4-12)10-14(13)8-16(15)17/h7-8,11-12H,3-6,9-10H2,1-2H3. The van der Waals surface area contributed by atoms with Gasteiger partial charge in [0, 0.05) is 24.7 Å². The van der Waals surface area contributed by atoms with Crippen LogP contribution in [0.2, 0.25) is 5.02 Å². The third-order valence-corrected chi connectivity index (χ3v) is 4.57. The van der Waals surface area contributed by atoms with Crippen molar-refractivity contribution >= 4 is 11.6 Å². The van der Waals surface area contributed by atoms with Gasteiger partial charge in [-0.05, 0) is 53.9 Å². The normalized spacial score (nSPS) is 20.2. The SMILES string of the molecule is CC(C)c1cc2c(cc1Cl)CN(CC1CC1)CC2. The number of nitrogens with zero attached hydrogens (tertiary/aromatic N) is 1. The molecule has 0 unspecified atom stereocenters. The van der Waals surface area contributed by atoms with Gasteiger partial charge in [0.25, 0.3) is 0 Å². The van der Waals surface area contributed by atoms with Crippen molar-refractivity contribution in [2.45, 2.75) is 45.6 Å². The van der Waals surface area contributed by atoms with Crippen LogP contribution in [-0.2, 0) is 13.0 Å². The fraction of sp³-hybridized carbons (Fsp3) is 0.625. The Bertz CT molecular complexity index is 449. The predicted octanol–water partition coefficient (Wildman–Crippen LogP) is 4.23. The highest BCUT2D eigenvalue weighted by Gasteiger charge is 2.26. The highest BCUT2D eigenvalue weighted by molar-refractivity contribution is 6.31. The summed E-state index contributed by atoms with van der Waals surface area (Å²) in [6, 6.07) is 4.56. The largest absolute Gasteiger partial charge is 0.298 e. The van der Waals surface area contributed by atoms with E-state index in [9.17, 15) is 0 Å². The first-order valence-electron chi connectivity index (χ1n) is 7.17. The molecule has 2 aliphatic rings. The Morgan fingerprint density at radius 2 is 2.06 bits per heavy atom. The van der Waals surface area contributed by atoms with Crippen molar-refractivity contribution in [1.82, 2.24) is 4.90 Å². The minimum atomic E-state index is 0.521. The minimum Gasteiger partial charge on any atom is -0.298 e. The van der Waals surface area contributed by atoms with Crippen LogP contribution >= 0.6 is 11.6 Å². The maximum atomic E-state index is 6.40. The second-order valence-electron chi connectivity index (χ2n) is 6.23. The Labute approximate surface area is 115 Å². The van der Waals surface area contributed by atoms with E-state index in [1.54, 1.807) is 0 Å². The van der Waals surface area contributed by atoms with Crippen LogP contribution in [0.1, 0.15) is 49.3 Å². The van der Waals surface area contributed by atoms with Crippen LogP contribution in [-0.4, -0.2) is 18.0 Å². The molecule has 1 aromatic carbocycles. The molecule has 1 saturated carbocycles. The zero-order valence-electron chi connectivity index (χ0n) is 11.4. The van der Waals surface area contributed by atoms with E-state index >= 15 is 0 Å². The number of fused-ring (bicyclic) bond motifs is 1. The number of benzene rings is 1. The molecule has 0 bridgehead atoms. The molecule has 0 amide bonds. The highest BCUT2D eigenvalue weighted by Crippen LogP contribution is 2.33. The third-order valence-electron chi connectivity index (χ3n) is 4.25.